The number of esters is 2. The number of carbonyl (C=O) groups is 3. The molecule has 3 unspecified atom stereocenters. The van der Waals surface area contributed by atoms with Gasteiger partial charge in [-0.1, -0.05) is 29.8 Å². The summed E-state index contributed by atoms with van der Waals surface area (Å²) in [6.07, 6.45) is -4.86. The summed E-state index contributed by atoms with van der Waals surface area (Å²) in [6, 6.07) is 13.2. The summed E-state index contributed by atoms with van der Waals surface area (Å²) in [5.74, 6) is -2.47. The minimum absolute atomic E-state index is 0.0880. The number of hydrogen-bond donors (Lipinski definition) is 3. The van der Waals surface area contributed by atoms with Gasteiger partial charge in [0.05, 0.1) is 18.8 Å². The molecular weight excluding hydrogens is 444 g/mol. The van der Waals surface area contributed by atoms with Crippen molar-refractivity contribution in [2.75, 3.05) is 7.11 Å². The number of aliphatic hydroxyl groups excluding tert-OH is 2. The summed E-state index contributed by atoms with van der Waals surface area (Å²) >= 11 is 0. The molecule has 3 N–H and O–H groups in total. The van der Waals surface area contributed by atoms with E-state index in [2.05, 4.69) is 0 Å². The molecule has 3 rings (SSSR count). The van der Waals surface area contributed by atoms with Crippen LogP contribution >= 0.6 is 0 Å². The molecule has 9 nitrogen and oxygen atoms in total. The van der Waals surface area contributed by atoms with Gasteiger partial charge in [-0.2, -0.15) is 0 Å². The fraction of sp³-hybridized carbons (Fsp3) is 0.320. The van der Waals surface area contributed by atoms with Crippen LogP contribution in [0.4, 0.5) is 0 Å². The fourth-order valence-corrected chi connectivity index (χ4v) is 3.51. The van der Waals surface area contributed by atoms with Crippen LogP contribution < -0.4 is 4.74 Å². The number of carbonyl (C=O) groups excluding carboxylic acids is 2. The SMILES string of the molecule is COc1ccc(CC(OC(=O)C2=CC(OC(=O)c3cccc(C)c3)[C@@H](O)C(O)C2)C(=O)O)cc1. The van der Waals surface area contributed by atoms with E-state index in [1.807, 2.05) is 0 Å². The summed E-state index contributed by atoms with van der Waals surface area (Å²) < 4.78 is 15.5. The van der Waals surface area contributed by atoms with E-state index < -0.39 is 42.3 Å². The highest BCUT2D eigenvalue weighted by atomic mass is 16.6. The van der Waals surface area contributed by atoms with Crippen LogP contribution in [0, 0.1) is 6.92 Å². The predicted octanol–water partition coefficient (Wildman–Crippen LogP) is 1.82. The van der Waals surface area contributed by atoms with Gasteiger partial charge in [0.15, 0.2) is 0 Å². The Hall–Kier alpha value is -3.69. The van der Waals surface area contributed by atoms with Crippen LogP contribution in [-0.4, -0.2) is 64.8 Å². The minimum atomic E-state index is -1.49. The third-order valence-corrected chi connectivity index (χ3v) is 5.39. The molecule has 180 valence electrons. The lowest BCUT2D eigenvalue weighted by Crippen LogP contribution is -2.44. The summed E-state index contributed by atoms with van der Waals surface area (Å²) in [7, 11) is 1.51. The highest BCUT2D eigenvalue weighted by Gasteiger charge is 2.37. The van der Waals surface area contributed by atoms with E-state index in [1.165, 1.54) is 19.3 Å². The summed E-state index contributed by atoms with van der Waals surface area (Å²) in [5, 5.41) is 30.0. The Morgan fingerprint density at radius 2 is 1.76 bits per heavy atom. The van der Waals surface area contributed by atoms with E-state index in [4.69, 9.17) is 14.2 Å². The molecule has 0 radical (unpaired) electrons. The van der Waals surface area contributed by atoms with Gasteiger partial charge in [0.25, 0.3) is 0 Å². The molecule has 0 saturated heterocycles. The second-order valence-corrected chi connectivity index (χ2v) is 7.98. The molecule has 0 fully saturated rings. The third-order valence-electron chi connectivity index (χ3n) is 5.39. The van der Waals surface area contributed by atoms with Crippen LogP contribution in [0.1, 0.15) is 27.9 Å². The molecular formula is C25H26O9. The zero-order valence-electron chi connectivity index (χ0n) is 18.7. The van der Waals surface area contributed by atoms with Crippen molar-refractivity contribution in [2.24, 2.45) is 0 Å². The van der Waals surface area contributed by atoms with Crippen LogP contribution in [0.25, 0.3) is 0 Å². The first-order valence-corrected chi connectivity index (χ1v) is 10.6. The first-order chi connectivity index (χ1) is 16.2. The van der Waals surface area contributed by atoms with Crippen molar-refractivity contribution in [1.29, 1.82) is 0 Å². The second kappa shape index (κ2) is 11.0. The molecule has 0 spiro atoms. The van der Waals surface area contributed by atoms with E-state index in [9.17, 15) is 29.7 Å². The number of aliphatic carboxylic acids is 1. The lowest BCUT2D eigenvalue weighted by Gasteiger charge is -2.30. The Kier molecular flexibility index (Phi) is 8.04. The molecule has 0 aliphatic heterocycles. The molecule has 2 aromatic carbocycles. The average Bonchev–Trinajstić information content (AvgIpc) is 2.81. The number of aliphatic hydroxyl groups is 2. The van der Waals surface area contributed by atoms with E-state index in [1.54, 1.807) is 49.4 Å². The monoisotopic (exact) mass is 470 g/mol. The Balaban J connectivity index is 1.72. The smallest absolute Gasteiger partial charge is 0.345 e. The highest BCUT2D eigenvalue weighted by Crippen LogP contribution is 2.25. The maximum atomic E-state index is 12.7. The molecule has 2 aromatic rings. The molecule has 0 saturated carbocycles. The lowest BCUT2D eigenvalue weighted by atomic mass is 9.92. The Morgan fingerprint density at radius 3 is 2.38 bits per heavy atom. The van der Waals surface area contributed by atoms with Gasteiger partial charge in [-0.3, -0.25) is 0 Å². The van der Waals surface area contributed by atoms with Crippen LogP contribution in [0.3, 0.4) is 0 Å². The molecule has 0 aromatic heterocycles. The average molecular weight is 470 g/mol. The maximum Gasteiger partial charge on any atom is 0.345 e. The van der Waals surface area contributed by atoms with Crippen molar-refractivity contribution in [2.45, 2.75) is 44.2 Å². The lowest BCUT2D eigenvalue weighted by molar-refractivity contribution is -0.161. The Labute approximate surface area is 196 Å². The number of methoxy groups -OCH3 is 1. The zero-order valence-corrected chi connectivity index (χ0v) is 18.7. The zero-order chi connectivity index (χ0) is 24.8. The normalized spacial score (nSPS) is 20.6. The molecule has 1 aliphatic carbocycles. The number of ether oxygens (including phenoxy) is 3. The van der Waals surface area contributed by atoms with Crippen molar-refractivity contribution in [1.82, 2.24) is 0 Å². The van der Waals surface area contributed by atoms with Crippen LogP contribution in [-0.2, 0) is 25.5 Å². The molecule has 0 bridgehead atoms. The first kappa shape index (κ1) is 24.9. The summed E-state index contributed by atoms with van der Waals surface area (Å²) in [4.78, 5) is 36.8. The van der Waals surface area contributed by atoms with Gasteiger partial charge in [0.1, 0.15) is 18.0 Å². The molecule has 1 aliphatic rings. The number of rotatable bonds is 8. The molecule has 9 heteroatoms. The van der Waals surface area contributed by atoms with Crippen LogP contribution in [0.2, 0.25) is 0 Å². The predicted molar refractivity (Wildman–Crippen MR) is 119 cm³/mol. The third kappa shape index (κ3) is 6.21. The van der Waals surface area contributed by atoms with Crippen molar-refractivity contribution in [3.05, 3.63) is 76.9 Å². The van der Waals surface area contributed by atoms with Gasteiger partial charge in [-0.25, -0.2) is 14.4 Å². The highest BCUT2D eigenvalue weighted by molar-refractivity contribution is 5.92. The minimum Gasteiger partial charge on any atom is -0.497 e. The van der Waals surface area contributed by atoms with Gasteiger partial charge in [-0.15, -0.1) is 0 Å². The van der Waals surface area contributed by atoms with E-state index in [0.29, 0.717) is 11.3 Å². The van der Waals surface area contributed by atoms with Crippen LogP contribution in [0.5, 0.6) is 5.75 Å². The van der Waals surface area contributed by atoms with E-state index in [-0.39, 0.29) is 24.0 Å². The van der Waals surface area contributed by atoms with Gasteiger partial charge >= 0.3 is 17.9 Å². The maximum absolute atomic E-state index is 12.7. The van der Waals surface area contributed by atoms with Crippen LogP contribution in [0.15, 0.2) is 60.2 Å². The van der Waals surface area contributed by atoms with Crippen molar-refractivity contribution < 1.29 is 43.9 Å². The van der Waals surface area contributed by atoms with Gasteiger partial charge in [0, 0.05) is 18.4 Å². The standard InChI is InChI=1S/C25H26O9/c1-14-4-3-5-16(10-14)24(30)33-20-13-17(12-19(26)22(20)27)25(31)34-21(23(28)29)11-15-6-8-18(32-2)9-7-15/h3-10,13,19-22,26-27H,11-12H2,1-2H3,(H,28,29)/t19?,20?,21?,22-/m0/s1. The number of benzene rings is 2. The fourth-order valence-electron chi connectivity index (χ4n) is 3.51. The van der Waals surface area contributed by atoms with Gasteiger partial charge < -0.3 is 29.5 Å². The molecule has 34 heavy (non-hydrogen) atoms. The number of carboxylic acid groups (broad SMARTS) is 1. The first-order valence-electron chi connectivity index (χ1n) is 10.6. The Morgan fingerprint density at radius 1 is 1.06 bits per heavy atom. The summed E-state index contributed by atoms with van der Waals surface area (Å²) in [5.41, 5.74) is 1.59. The van der Waals surface area contributed by atoms with Crippen molar-refractivity contribution >= 4 is 17.9 Å². The second-order valence-electron chi connectivity index (χ2n) is 7.98. The molecule has 0 amide bonds. The van der Waals surface area contributed by atoms with Crippen molar-refractivity contribution in [3.63, 3.8) is 0 Å². The topological polar surface area (TPSA) is 140 Å². The Bertz CT molecular complexity index is 1070. The quantitative estimate of drug-likeness (QED) is 0.493. The molecule has 4 atom stereocenters. The molecule has 0 heterocycles. The summed E-state index contributed by atoms with van der Waals surface area (Å²) in [6.45, 7) is 1.80. The largest absolute Gasteiger partial charge is 0.497 e. The number of carboxylic acids is 1. The van der Waals surface area contributed by atoms with Crippen molar-refractivity contribution in [3.8, 4) is 5.75 Å². The number of aryl methyl sites for hydroxylation is 1. The van der Waals surface area contributed by atoms with E-state index in [0.717, 1.165) is 5.56 Å². The van der Waals surface area contributed by atoms with Gasteiger partial charge in [-0.05, 0) is 42.8 Å². The van der Waals surface area contributed by atoms with E-state index >= 15 is 0 Å². The number of hydrogen-bond acceptors (Lipinski definition) is 8. The van der Waals surface area contributed by atoms with Gasteiger partial charge in [0.2, 0.25) is 6.10 Å².